The van der Waals surface area contributed by atoms with Crippen LogP contribution in [0.15, 0.2) is 54.6 Å². The predicted octanol–water partition coefficient (Wildman–Crippen LogP) is 3.56. The Balaban J connectivity index is 1.90. The SMILES string of the molecule is O=C(NC[C@@H](O)c1ccccc1)Nc1cccc(C(F)(F)F)c1. The summed E-state index contributed by atoms with van der Waals surface area (Å²) in [5, 5.41) is 14.6. The van der Waals surface area contributed by atoms with Crippen molar-refractivity contribution in [1.82, 2.24) is 5.32 Å². The molecule has 1 atom stereocenters. The summed E-state index contributed by atoms with van der Waals surface area (Å²) in [5.74, 6) is 0. The number of urea groups is 1. The quantitative estimate of drug-likeness (QED) is 0.805. The van der Waals surface area contributed by atoms with Gasteiger partial charge in [-0.1, -0.05) is 36.4 Å². The number of halogens is 3. The van der Waals surface area contributed by atoms with Crippen LogP contribution >= 0.6 is 0 Å². The molecule has 0 aromatic heterocycles. The van der Waals surface area contributed by atoms with Crippen molar-refractivity contribution in [1.29, 1.82) is 0 Å². The first-order valence-electron chi connectivity index (χ1n) is 6.81. The van der Waals surface area contributed by atoms with Crippen molar-refractivity contribution in [2.75, 3.05) is 11.9 Å². The molecule has 7 heteroatoms. The molecule has 0 radical (unpaired) electrons. The van der Waals surface area contributed by atoms with Crippen molar-refractivity contribution in [3.8, 4) is 0 Å². The van der Waals surface area contributed by atoms with Gasteiger partial charge in [0, 0.05) is 12.2 Å². The Labute approximate surface area is 131 Å². The second kappa shape index (κ2) is 7.15. The summed E-state index contributed by atoms with van der Waals surface area (Å²) in [6.07, 6.45) is -5.37. The number of hydrogen-bond donors (Lipinski definition) is 3. The van der Waals surface area contributed by atoms with E-state index in [9.17, 15) is 23.1 Å². The molecule has 0 aliphatic rings. The van der Waals surface area contributed by atoms with Gasteiger partial charge in [-0.25, -0.2) is 4.79 Å². The number of amides is 2. The van der Waals surface area contributed by atoms with E-state index in [2.05, 4.69) is 10.6 Å². The highest BCUT2D eigenvalue weighted by Crippen LogP contribution is 2.30. The maximum absolute atomic E-state index is 12.6. The van der Waals surface area contributed by atoms with E-state index in [1.54, 1.807) is 30.3 Å². The monoisotopic (exact) mass is 324 g/mol. The van der Waals surface area contributed by atoms with E-state index in [-0.39, 0.29) is 12.2 Å². The molecular weight excluding hydrogens is 309 g/mol. The minimum Gasteiger partial charge on any atom is -0.387 e. The van der Waals surface area contributed by atoms with Crippen LogP contribution in [-0.2, 0) is 6.18 Å². The van der Waals surface area contributed by atoms with Crippen molar-refractivity contribution in [3.05, 3.63) is 65.7 Å². The van der Waals surface area contributed by atoms with Crippen molar-refractivity contribution in [3.63, 3.8) is 0 Å². The van der Waals surface area contributed by atoms with Gasteiger partial charge < -0.3 is 15.7 Å². The number of alkyl halides is 3. The number of anilines is 1. The molecule has 0 unspecified atom stereocenters. The number of aliphatic hydroxyl groups is 1. The van der Waals surface area contributed by atoms with Crippen molar-refractivity contribution < 1.29 is 23.1 Å². The highest BCUT2D eigenvalue weighted by atomic mass is 19.4. The Hall–Kier alpha value is -2.54. The molecule has 2 aromatic rings. The number of aliphatic hydroxyl groups excluding tert-OH is 1. The average Bonchev–Trinajstić information content (AvgIpc) is 2.53. The number of rotatable bonds is 4. The van der Waals surface area contributed by atoms with Gasteiger partial charge in [0.2, 0.25) is 0 Å². The van der Waals surface area contributed by atoms with Gasteiger partial charge in [0.25, 0.3) is 0 Å². The number of nitrogens with one attached hydrogen (secondary N) is 2. The zero-order chi connectivity index (χ0) is 16.9. The van der Waals surface area contributed by atoms with E-state index < -0.39 is 23.9 Å². The van der Waals surface area contributed by atoms with Crippen LogP contribution in [0.5, 0.6) is 0 Å². The first-order valence-corrected chi connectivity index (χ1v) is 6.81. The number of carbonyl (C=O) groups excluding carboxylic acids is 1. The van der Waals surface area contributed by atoms with Crippen LogP contribution in [0.2, 0.25) is 0 Å². The molecule has 23 heavy (non-hydrogen) atoms. The third kappa shape index (κ3) is 5.00. The highest BCUT2D eigenvalue weighted by Gasteiger charge is 2.30. The van der Waals surface area contributed by atoms with Gasteiger partial charge in [0.1, 0.15) is 0 Å². The lowest BCUT2D eigenvalue weighted by Gasteiger charge is -2.13. The summed E-state index contributed by atoms with van der Waals surface area (Å²) in [6, 6.07) is 12.3. The fraction of sp³-hybridized carbons (Fsp3) is 0.188. The van der Waals surface area contributed by atoms with E-state index in [4.69, 9.17) is 0 Å². The second-order valence-corrected chi connectivity index (χ2v) is 4.84. The summed E-state index contributed by atoms with van der Waals surface area (Å²) in [7, 11) is 0. The largest absolute Gasteiger partial charge is 0.416 e. The van der Waals surface area contributed by atoms with E-state index in [0.29, 0.717) is 5.56 Å². The molecule has 2 rings (SSSR count). The Morgan fingerprint density at radius 2 is 1.78 bits per heavy atom. The van der Waals surface area contributed by atoms with Crippen LogP contribution in [0.25, 0.3) is 0 Å². The van der Waals surface area contributed by atoms with Crippen LogP contribution in [0.3, 0.4) is 0 Å². The Morgan fingerprint density at radius 1 is 1.09 bits per heavy atom. The van der Waals surface area contributed by atoms with Gasteiger partial charge in [0.15, 0.2) is 0 Å². The standard InChI is InChI=1S/C16H15F3N2O2/c17-16(18,19)12-7-4-8-13(9-12)21-15(23)20-10-14(22)11-5-2-1-3-6-11/h1-9,14,22H,10H2,(H2,20,21,23)/t14-/m1/s1. The van der Waals surface area contributed by atoms with Crippen LogP contribution in [0, 0.1) is 0 Å². The zero-order valence-corrected chi connectivity index (χ0v) is 12.0. The Bertz CT molecular complexity index is 660. The molecule has 0 spiro atoms. The van der Waals surface area contributed by atoms with Crippen molar-refractivity contribution in [2.24, 2.45) is 0 Å². The minimum atomic E-state index is -4.47. The molecule has 3 N–H and O–H groups in total. The van der Waals surface area contributed by atoms with Gasteiger partial charge >= 0.3 is 12.2 Å². The van der Waals surface area contributed by atoms with E-state index in [1.165, 1.54) is 12.1 Å². The maximum atomic E-state index is 12.6. The van der Waals surface area contributed by atoms with E-state index in [1.807, 2.05) is 0 Å². The minimum absolute atomic E-state index is 0.0199. The summed E-state index contributed by atoms with van der Waals surface area (Å²) in [6.45, 7) is -0.0607. The van der Waals surface area contributed by atoms with Gasteiger partial charge in [-0.2, -0.15) is 13.2 Å². The fourth-order valence-corrected chi connectivity index (χ4v) is 1.93. The lowest BCUT2D eigenvalue weighted by molar-refractivity contribution is -0.137. The first kappa shape index (κ1) is 16.8. The Kier molecular flexibility index (Phi) is 5.23. The third-order valence-corrected chi connectivity index (χ3v) is 3.09. The van der Waals surface area contributed by atoms with Gasteiger partial charge in [-0.15, -0.1) is 0 Å². The summed E-state index contributed by atoms with van der Waals surface area (Å²) >= 11 is 0. The van der Waals surface area contributed by atoms with Crippen LogP contribution < -0.4 is 10.6 Å². The number of hydrogen-bond acceptors (Lipinski definition) is 2. The molecule has 0 fully saturated rings. The molecule has 0 aliphatic carbocycles. The molecule has 2 amide bonds. The van der Waals surface area contributed by atoms with Crippen LogP contribution in [0.1, 0.15) is 17.2 Å². The molecular formula is C16H15F3N2O2. The van der Waals surface area contributed by atoms with E-state index in [0.717, 1.165) is 12.1 Å². The molecule has 122 valence electrons. The average molecular weight is 324 g/mol. The number of benzene rings is 2. The Morgan fingerprint density at radius 3 is 2.43 bits per heavy atom. The molecule has 2 aromatic carbocycles. The second-order valence-electron chi connectivity index (χ2n) is 4.84. The van der Waals surface area contributed by atoms with Crippen LogP contribution in [-0.4, -0.2) is 17.7 Å². The maximum Gasteiger partial charge on any atom is 0.416 e. The van der Waals surface area contributed by atoms with Crippen molar-refractivity contribution in [2.45, 2.75) is 12.3 Å². The number of carbonyl (C=O) groups is 1. The molecule has 0 heterocycles. The third-order valence-electron chi connectivity index (χ3n) is 3.09. The molecule has 0 saturated carbocycles. The smallest absolute Gasteiger partial charge is 0.387 e. The lowest BCUT2D eigenvalue weighted by atomic mass is 10.1. The lowest BCUT2D eigenvalue weighted by Crippen LogP contribution is -2.32. The predicted molar refractivity (Wildman–Crippen MR) is 79.9 cm³/mol. The molecule has 0 saturated heterocycles. The summed E-state index contributed by atoms with van der Waals surface area (Å²) < 4.78 is 37.8. The molecule has 4 nitrogen and oxygen atoms in total. The normalized spacial score (nSPS) is 12.5. The van der Waals surface area contributed by atoms with Gasteiger partial charge in [0.05, 0.1) is 11.7 Å². The van der Waals surface area contributed by atoms with Crippen molar-refractivity contribution >= 4 is 11.7 Å². The molecule has 0 bridgehead atoms. The van der Waals surface area contributed by atoms with Crippen LogP contribution in [0.4, 0.5) is 23.7 Å². The molecule has 0 aliphatic heterocycles. The first-order chi connectivity index (χ1) is 10.9. The summed E-state index contributed by atoms with van der Waals surface area (Å²) in [4.78, 5) is 11.7. The topological polar surface area (TPSA) is 61.4 Å². The highest BCUT2D eigenvalue weighted by molar-refractivity contribution is 5.89. The van der Waals surface area contributed by atoms with Gasteiger partial charge in [-0.05, 0) is 23.8 Å². The van der Waals surface area contributed by atoms with E-state index >= 15 is 0 Å². The summed E-state index contributed by atoms with van der Waals surface area (Å²) in [5.41, 5.74) is -0.196. The fourth-order valence-electron chi connectivity index (χ4n) is 1.93. The van der Waals surface area contributed by atoms with Gasteiger partial charge in [-0.3, -0.25) is 0 Å². The zero-order valence-electron chi connectivity index (χ0n) is 12.0.